The largest absolute Gasteiger partial charge is 0.361 e. The number of fused-ring (bicyclic) bond motifs is 4. The number of nitrogens with zero attached hydrogens (tertiary/aromatic N) is 3. The quantitative estimate of drug-likeness (QED) is 0.716. The molecule has 3 atom stereocenters. The summed E-state index contributed by atoms with van der Waals surface area (Å²) in [6.45, 7) is 2.31. The van der Waals surface area contributed by atoms with Gasteiger partial charge in [-0.2, -0.15) is 5.10 Å². The summed E-state index contributed by atoms with van der Waals surface area (Å²) >= 11 is 0. The van der Waals surface area contributed by atoms with Gasteiger partial charge >= 0.3 is 0 Å². The van der Waals surface area contributed by atoms with Crippen molar-refractivity contribution in [2.45, 2.75) is 43.9 Å². The molecular weight excluding hydrogens is 310 g/mol. The molecule has 2 heterocycles. The summed E-state index contributed by atoms with van der Waals surface area (Å²) in [5, 5.41) is 9.07. The normalized spacial score (nSPS) is 27.4. The van der Waals surface area contributed by atoms with Gasteiger partial charge in [-0.15, -0.1) is 0 Å². The second-order valence-corrected chi connectivity index (χ2v) is 7.82. The van der Waals surface area contributed by atoms with E-state index < -0.39 is 0 Å². The summed E-state index contributed by atoms with van der Waals surface area (Å²) < 4.78 is 7.62. The van der Waals surface area contributed by atoms with E-state index in [1.165, 1.54) is 28.8 Å². The van der Waals surface area contributed by atoms with Crippen LogP contribution in [0.1, 0.15) is 47.4 Å². The minimum atomic E-state index is 0.0359. The number of hydrogen-bond donors (Lipinski definition) is 0. The molecule has 2 aliphatic rings. The van der Waals surface area contributed by atoms with Crippen LogP contribution in [-0.4, -0.2) is 14.9 Å². The Kier molecular flexibility index (Phi) is 3.18. The molecule has 5 rings (SSSR count). The zero-order valence-electron chi connectivity index (χ0n) is 14.8. The smallest absolute Gasteiger partial charge is 0.143 e. The maximum atomic E-state index is 5.63. The highest BCUT2D eigenvalue weighted by Crippen LogP contribution is 2.54. The van der Waals surface area contributed by atoms with Crippen LogP contribution in [0.3, 0.4) is 0 Å². The summed E-state index contributed by atoms with van der Waals surface area (Å²) in [6.07, 6.45) is 8.43. The van der Waals surface area contributed by atoms with Gasteiger partial charge in [-0.1, -0.05) is 42.4 Å². The average Bonchev–Trinajstić information content (AvgIpc) is 3.22. The van der Waals surface area contributed by atoms with Crippen molar-refractivity contribution in [2.24, 2.45) is 13.0 Å². The molecule has 0 spiro atoms. The van der Waals surface area contributed by atoms with Gasteiger partial charge in [0.05, 0.1) is 11.9 Å². The van der Waals surface area contributed by atoms with Crippen LogP contribution in [0.2, 0.25) is 0 Å². The van der Waals surface area contributed by atoms with Crippen molar-refractivity contribution < 1.29 is 4.52 Å². The van der Waals surface area contributed by atoms with Crippen LogP contribution < -0.4 is 0 Å². The van der Waals surface area contributed by atoms with E-state index >= 15 is 0 Å². The van der Waals surface area contributed by atoms with Gasteiger partial charge in [0, 0.05) is 30.1 Å². The summed E-state index contributed by atoms with van der Waals surface area (Å²) in [7, 11) is 2.04. The highest BCUT2D eigenvalue weighted by Gasteiger charge is 2.53. The van der Waals surface area contributed by atoms with Crippen molar-refractivity contribution in [2.75, 3.05) is 0 Å². The van der Waals surface area contributed by atoms with Gasteiger partial charge in [-0.05, 0) is 42.7 Å². The molecule has 0 fully saturated rings. The van der Waals surface area contributed by atoms with Gasteiger partial charge in [0.2, 0.25) is 0 Å². The van der Waals surface area contributed by atoms with E-state index in [0.29, 0.717) is 11.8 Å². The van der Waals surface area contributed by atoms with Gasteiger partial charge in [-0.25, -0.2) is 0 Å². The van der Waals surface area contributed by atoms with Crippen LogP contribution in [0.5, 0.6) is 0 Å². The molecule has 0 radical (unpaired) electrons. The fraction of sp³-hybridized carbons (Fsp3) is 0.429. The van der Waals surface area contributed by atoms with Crippen LogP contribution in [0, 0.1) is 5.92 Å². The third-order valence-electron chi connectivity index (χ3n) is 6.37. The Morgan fingerprint density at radius 2 is 2.08 bits per heavy atom. The predicted octanol–water partition coefficient (Wildman–Crippen LogP) is 3.81. The molecule has 0 N–H and O–H groups in total. The summed E-state index contributed by atoms with van der Waals surface area (Å²) in [5.74, 6) is 2.01. The van der Waals surface area contributed by atoms with Crippen LogP contribution >= 0.6 is 0 Å². The van der Waals surface area contributed by atoms with Crippen LogP contribution in [0.15, 0.2) is 47.2 Å². The molecule has 2 aromatic heterocycles. The van der Waals surface area contributed by atoms with E-state index in [4.69, 9.17) is 9.62 Å². The zero-order chi connectivity index (χ0) is 17.0. The summed E-state index contributed by atoms with van der Waals surface area (Å²) in [5.41, 5.74) is 5.40. The van der Waals surface area contributed by atoms with Gasteiger partial charge in [0.1, 0.15) is 5.76 Å². The third-order valence-corrected chi connectivity index (χ3v) is 6.37. The Hall–Kier alpha value is -2.36. The highest BCUT2D eigenvalue weighted by atomic mass is 16.5. The number of rotatable bonds is 2. The van der Waals surface area contributed by atoms with Crippen LogP contribution in [0.4, 0.5) is 0 Å². The highest BCUT2D eigenvalue weighted by molar-refractivity contribution is 5.41. The molecule has 4 nitrogen and oxygen atoms in total. The summed E-state index contributed by atoms with van der Waals surface area (Å²) in [6, 6.07) is 10.9. The average molecular weight is 333 g/mol. The van der Waals surface area contributed by atoms with Gasteiger partial charge in [-0.3, -0.25) is 4.68 Å². The molecule has 1 aromatic carbocycles. The second-order valence-electron chi connectivity index (χ2n) is 7.82. The van der Waals surface area contributed by atoms with Gasteiger partial charge < -0.3 is 4.52 Å². The molecule has 128 valence electrons. The Balaban J connectivity index is 1.71. The Morgan fingerprint density at radius 3 is 2.92 bits per heavy atom. The monoisotopic (exact) mass is 333 g/mol. The van der Waals surface area contributed by atoms with Gasteiger partial charge in [0.15, 0.2) is 0 Å². The lowest BCUT2D eigenvalue weighted by Crippen LogP contribution is -2.48. The maximum Gasteiger partial charge on any atom is 0.143 e. The topological polar surface area (TPSA) is 43.9 Å². The van der Waals surface area contributed by atoms with E-state index in [1.807, 2.05) is 17.9 Å². The molecule has 0 saturated carbocycles. The van der Waals surface area contributed by atoms with Gasteiger partial charge in [0.25, 0.3) is 0 Å². The van der Waals surface area contributed by atoms with Crippen LogP contribution in [0.25, 0.3) is 0 Å². The second kappa shape index (κ2) is 5.32. The fourth-order valence-electron chi connectivity index (χ4n) is 5.38. The molecule has 0 amide bonds. The molecule has 3 unspecified atom stereocenters. The Labute approximate surface area is 147 Å². The molecule has 25 heavy (non-hydrogen) atoms. The standard InChI is InChI=1S/C21H23N3O/c1-14-18-9-8-16-13-24(2)23-20(16)21(18,10-15-6-4-3-5-7-15)11-17-12-22-25-19(14)17/h3-7,12-14,18H,8-11H2,1-2H3. The number of aromatic nitrogens is 3. The minimum Gasteiger partial charge on any atom is -0.361 e. The van der Waals surface area contributed by atoms with E-state index in [0.717, 1.165) is 25.0 Å². The van der Waals surface area contributed by atoms with Crippen molar-refractivity contribution >= 4 is 0 Å². The van der Waals surface area contributed by atoms with Crippen molar-refractivity contribution in [3.05, 3.63) is 70.9 Å². The molecule has 0 aliphatic heterocycles. The van der Waals surface area contributed by atoms with Crippen molar-refractivity contribution in [3.8, 4) is 0 Å². The molecule has 0 bridgehead atoms. The first-order chi connectivity index (χ1) is 12.2. The Bertz CT molecular complexity index is 910. The first-order valence-corrected chi connectivity index (χ1v) is 9.18. The zero-order valence-corrected chi connectivity index (χ0v) is 14.8. The summed E-state index contributed by atoms with van der Waals surface area (Å²) in [4.78, 5) is 0. The lowest BCUT2D eigenvalue weighted by molar-refractivity contribution is 0.155. The van der Waals surface area contributed by atoms with E-state index in [9.17, 15) is 0 Å². The van der Waals surface area contributed by atoms with E-state index in [2.05, 4.69) is 48.6 Å². The minimum absolute atomic E-state index is 0.0359. The van der Waals surface area contributed by atoms with Crippen molar-refractivity contribution in [1.29, 1.82) is 0 Å². The van der Waals surface area contributed by atoms with Crippen molar-refractivity contribution in [1.82, 2.24) is 14.9 Å². The Morgan fingerprint density at radius 1 is 1.24 bits per heavy atom. The van der Waals surface area contributed by atoms with Crippen LogP contribution in [-0.2, 0) is 31.7 Å². The first kappa shape index (κ1) is 14.9. The lowest BCUT2D eigenvalue weighted by Gasteiger charge is -2.48. The van der Waals surface area contributed by atoms with E-state index in [-0.39, 0.29) is 5.41 Å². The number of hydrogen-bond acceptors (Lipinski definition) is 3. The molecule has 3 aromatic rings. The molecular formula is C21H23N3O. The molecule has 2 aliphatic carbocycles. The van der Waals surface area contributed by atoms with E-state index in [1.54, 1.807) is 0 Å². The lowest BCUT2D eigenvalue weighted by atomic mass is 9.54. The third kappa shape index (κ3) is 2.13. The van der Waals surface area contributed by atoms with Crippen molar-refractivity contribution in [3.63, 3.8) is 0 Å². The fourth-order valence-corrected chi connectivity index (χ4v) is 5.38. The predicted molar refractivity (Wildman–Crippen MR) is 95.5 cm³/mol. The molecule has 0 saturated heterocycles. The maximum absolute atomic E-state index is 5.63. The number of aryl methyl sites for hydroxylation is 2. The molecule has 4 heteroatoms. The first-order valence-electron chi connectivity index (χ1n) is 9.18. The SMILES string of the molecule is CC1c2oncc2CC2(Cc3ccccc3)c3nn(C)cc3CCC12. The number of benzene rings is 1.